The zero-order valence-corrected chi connectivity index (χ0v) is 10.2. The molecule has 2 N–H and O–H groups in total. The van der Waals surface area contributed by atoms with Gasteiger partial charge in [-0.05, 0) is 25.5 Å². The Balaban J connectivity index is 1.89. The van der Waals surface area contributed by atoms with E-state index in [2.05, 4.69) is 10.3 Å². The van der Waals surface area contributed by atoms with Crippen LogP contribution >= 0.6 is 0 Å². The molecule has 0 amide bonds. The van der Waals surface area contributed by atoms with Gasteiger partial charge in [-0.25, -0.2) is 0 Å². The van der Waals surface area contributed by atoms with Gasteiger partial charge in [0.25, 0.3) is 0 Å². The highest BCUT2D eigenvalue weighted by atomic mass is 16.5. The molecule has 0 aromatic carbocycles. The molecule has 4 heteroatoms. The first-order chi connectivity index (χ1) is 8.16. The summed E-state index contributed by atoms with van der Waals surface area (Å²) < 4.78 is 5.39. The average Bonchev–Trinajstić information content (AvgIpc) is 2.30. The Labute approximate surface area is 102 Å². The predicted octanol–water partition coefficient (Wildman–Crippen LogP) is 0.754. The zero-order chi connectivity index (χ0) is 12.1. The quantitative estimate of drug-likeness (QED) is 0.810. The van der Waals surface area contributed by atoms with E-state index < -0.39 is 5.60 Å². The molecule has 1 fully saturated rings. The monoisotopic (exact) mass is 236 g/mol. The summed E-state index contributed by atoms with van der Waals surface area (Å²) in [5.41, 5.74) is 0.182. The molecule has 2 atom stereocenters. The highest BCUT2D eigenvalue weighted by molar-refractivity contribution is 5.07. The number of aliphatic hydroxyl groups is 1. The second-order valence-corrected chi connectivity index (χ2v) is 4.92. The van der Waals surface area contributed by atoms with Crippen LogP contribution in [0.2, 0.25) is 0 Å². The predicted molar refractivity (Wildman–Crippen MR) is 65.8 cm³/mol. The molecule has 0 aliphatic carbocycles. The summed E-state index contributed by atoms with van der Waals surface area (Å²) in [6, 6.07) is 6.01. The number of aromatic nitrogens is 1. The SMILES string of the molecule is CC(O)(Cc1ccccn1)CC1COCCN1. The van der Waals surface area contributed by atoms with Crippen molar-refractivity contribution in [1.82, 2.24) is 10.3 Å². The van der Waals surface area contributed by atoms with Gasteiger partial charge in [0, 0.05) is 30.9 Å². The van der Waals surface area contributed by atoms with E-state index in [0.29, 0.717) is 19.4 Å². The number of pyridine rings is 1. The Bertz CT molecular complexity index is 335. The third-order valence-corrected chi connectivity index (χ3v) is 2.97. The minimum atomic E-state index is -0.743. The van der Waals surface area contributed by atoms with E-state index in [4.69, 9.17) is 4.74 Å². The third kappa shape index (κ3) is 4.07. The van der Waals surface area contributed by atoms with Crippen molar-refractivity contribution in [3.8, 4) is 0 Å². The summed E-state index contributed by atoms with van der Waals surface area (Å²) in [5, 5.41) is 13.7. The van der Waals surface area contributed by atoms with Crippen LogP contribution in [0.15, 0.2) is 24.4 Å². The molecule has 2 heterocycles. The van der Waals surface area contributed by atoms with Crippen molar-refractivity contribution in [2.75, 3.05) is 19.8 Å². The Morgan fingerprint density at radius 3 is 3.12 bits per heavy atom. The summed E-state index contributed by atoms with van der Waals surface area (Å²) in [4.78, 5) is 4.25. The fourth-order valence-electron chi connectivity index (χ4n) is 2.25. The number of ether oxygens (including phenoxy) is 1. The smallest absolute Gasteiger partial charge is 0.0690 e. The van der Waals surface area contributed by atoms with Crippen LogP contribution < -0.4 is 5.32 Å². The molecule has 0 radical (unpaired) electrons. The van der Waals surface area contributed by atoms with E-state index >= 15 is 0 Å². The number of nitrogens with zero attached hydrogens (tertiary/aromatic N) is 1. The van der Waals surface area contributed by atoms with Gasteiger partial charge in [-0.15, -0.1) is 0 Å². The van der Waals surface area contributed by atoms with Crippen LogP contribution in [0.3, 0.4) is 0 Å². The van der Waals surface area contributed by atoms with E-state index in [-0.39, 0.29) is 6.04 Å². The fourth-order valence-corrected chi connectivity index (χ4v) is 2.25. The van der Waals surface area contributed by atoms with E-state index in [1.807, 2.05) is 25.1 Å². The van der Waals surface area contributed by atoms with Crippen molar-refractivity contribution < 1.29 is 9.84 Å². The molecule has 0 bridgehead atoms. The van der Waals surface area contributed by atoms with E-state index in [1.165, 1.54) is 0 Å². The number of morpholine rings is 1. The highest BCUT2D eigenvalue weighted by Crippen LogP contribution is 2.18. The molecule has 4 nitrogen and oxygen atoms in total. The first-order valence-electron chi connectivity index (χ1n) is 6.09. The molecule has 2 unspecified atom stereocenters. The van der Waals surface area contributed by atoms with E-state index in [1.54, 1.807) is 6.20 Å². The van der Waals surface area contributed by atoms with Crippen LogP contribution in [0.1, 0.15) is 19.0 Å². The van der Waals surface area contributed by atoms with Gasteiger partial charge in [0.2, 0.25) is 0 Å². The Hall–Kier alpha value is -0.970. The summed E-state index contributed by atoms with van der Waals surface area (Å²) >= 11 is 0. The maximum atomic E-state index is 10.4. The normalized spacial score (nSPS) is 24.2. The summed E-state index contributed by atoms with van der Waals surface area (Å²) in [7, 11) is 0. The number of rotatable bonds is 4. The first kappa shape index (κ1) is 12.5. The van der Waals surface area contributed by atoms with Gasteiger partial charge < -0.3 is 15.2 Å². The van der Waals surface area contributed by atoms with E-state index in [9.17, 15) is 5.11 Å². The summed E-state index contributed by atoms with van der Waals surface area (Å²) in [6.45, 7) is 4.17. The highest BCUT2D eigenvalue weighted by Gasteiger charge is 2.27. The van der Waals surface area contributed by atoms with Gasteiger partial charge in [0.15, 0.2) is 0 Å². The molecule has 1 aromatic rings. The molecule has 0 spiro atoms. The maximum absolute atomic E-state index is 10.4. The maximum Gasteiger partial charge on any atom is 0.0690 e. The Morgan fingerprint density at radius 1 is 1.59 bits per heavy atom. The van der Waals surface area contributed by atoms with Crippen molar-refractivity contribution in [2.45, 2.75) is 31.4 Å². The molecule has 1 aromatic heterocycles. The molecular weight excluding hydrogens is 216 g/mol. The number of hydrogen-bond donors (Lipinski definition) is 2. The van der Waals surface area contributed by atoms with Crippen LogP contribution in [-0.2, 0) is 11.2 Å². The largest absolute Gasteiger partial charge is 0.390 e. The minimum Gasteiger partial charge on any atom is -0.390 e. The number of hydrogen-bond acceptors (Lipinski definition) is 4. The Kier molecular flexibility index (Phi) is 4.10. The average molecular weight is 236 g/mol. The second-order valence-electron chi connectivity index (χ2n) is 4.92. The lowest BCUT2D eigenvalue weighted by Gasteiger charge is -2.31. The van der Waals surface area contributed by atoms with Crippen molar-refractivity contribution in [3.05, 3.63) is 30.1 Å². The van der Waals surface area contributed by atoms with Crippen LogP contribution in [0.5, 0.6) is 0 Å². The molecule has 1 saturated heterocycles. The number of nitrogens with one attached hydrogen (secondary N) is 1. The topological polar surface area (TPSA) is 54.4 Å². The molecule has 1 aliphatic heterocycles. The lowest BCUT2D eigenvalue weighted by molar-refractivity contribution is 0.00597. The standard InChI is InChI=1S/C13H20N2O2/c1-13(16,8-11-4-2-3-5-14-11)9-12-10-17-7-6-15-12/h2-5,12,15-16H,6-10H2,1H3. The molecule has 1 aliphatic rings. The molecular formula is C13H20N2O2. The minimum absolute atomic E-state index is 0.238. The lowest BCUT2D eigenvalue weighted by atomic mass is 9.91. The summed E-state index contributed by atoms with van der Waals surface area (Å²) in [6.07, 6.45) is 3.02. The van der Waals surface area contributed by atoms with Crippen molar-refractivity contribution >= 4 is 0 Å². The van der Waals surface area contributed by atoms with Crippen molar-refractivity contribution in [2.24, 2.45) is 0 Å². The molecule has 94 valence electrons. The van der Waals surface area contributed by atoms with Crippen LogP contribution in [-0.4, -0.2) is 41.5 Å². The van der Waals surface area contributed by atoms with E-state index in [0.717, 1.165) is 18.8 Å². The zero-order valence-electron chi connectivity index (χ0n) is 10.2. The summed E-state index contributed by atoms with van der Waals surface area (Å²) in [5.74, 6) is 0. The Morgan fingerprint density at radius 2 is 2.47 bits per heavy atom. The third-order valence-electron chi connectivity index (χ3n) is 2.97. The van der Waals surface area contributed by atoms with Crippen LogP contribution in [0.25, 0.3) is 0 Å². The van der Waals surface area contributed by atoms with Gasteiger partial charge >= 0.3 is 0 Å². The fraction of sp³-hybridized carbons (Fsp3) is 0.615. The van der Waals surface area contributed by atoms with Gasteiger partial charge in [-0.2, -0.15) is 0 Å². The van der Waals surface area contributed by atoms with Gasteiger partial charge in [-0.1, -0.05) is 6.07 Å². The van der Waals surface area contributed by atoms with Gasteiger partial charge in [-0.3, -0.25) is 4.98 Å². The molecule has 0 saturated carbocycles. The van der Waals surface area contributed by atoms with Gasteiger partial charge in [0.1, 0.15) is 0 Å². The van der Waals surface area contributed by atoms with Crippen LogP contribution in [0.4, 0.5) is 0 Å². The van der Waals surface area contributed by atoms with Crippen LogP contribution in [0, 0.1) is 0 Å². The van der Waals surface area contributed by atoms with Gasteiger partial charge in [0.05, 0.1) is 18.8 Å². The second kappa shape index (κ2) is 5.58. The molecule has 17 heavy (non-hydrogen) atoms. The first-order valence-corrected chi connectivity index (χ1v) is 6.09. The molecule has 2 rings (SSSR count). The van der Waals surface area contributed by atoms with Crippen molar-refractivity contribution in [1.29, 1.82) is 0 Å². The lowest BCUT2D eigenvalue weighted by Crippen LogP contribution is -2.46. The van der Waals surface area contributed by atoms with Crippen molar-refractivity contribution in [3.63, 3.8) is 0 Å².